The molecular formula is C20H18N4O2S. The van der Waals surface area contributed by atoms with E-state index in [4.69, 9.17) is 4.52 Å². The second-order valence-electron chi connectivity index (χ2n) is 6.91. The zero-order valence-corrected chi connectivity index (χ0v) is 15.7. The molecule has 136 valence electrons. The zero-order valence-electron chi connectivity index (χ0n) is 14.9. The third kappa shape index (κ3) is 2.78. The topological polar surface area (TPSA) is 73.8 Å². The molecule has 4 aromatic rings. The molecule has 0 N–H and O–H groups in total. The monoisotopic (exact) mass is 378 g/mol. The van der Waals surface area contributed by atoms with Crippen LogP contribution in [-0.4, -0.2) is 19.7 Å². The van der Waals surface area contributed by atoms with Crippen LogP contribution in [0.3, 0.4) is 0 Å². The van der Waals surface area contributed by atoms with Crippen LogP contribution >= 0.6 is 11.3 Å². The summed E-state index contributed by atoms with van der Waals surface area (Å²) in [4.78, 5) is 22.7. The van der Waals surface area contributed by atoms with E-state index in [0.717, 1.165) is 34.3 Å². The molecule has 6 nitrogen and oxygen atoms in total. The SMILES string of the molecule is Cc1nc2cc(-c3noc(-c4cccs4)n3)ccc2n(C2CCCC2)c1=O. The van der Waals surface area contributed by atoms with Gasteiger partial charge in [-0.15, -0.1) is 11.3 Å². The summed E-state index contributed by atoms with van der Waals surface area (Å²) in [5.41, 5.74) is 3.04. The second-order valence-corrected chi connectivity index (χ2v) is 7.86. The van der Waals surface area contributed by atoms with E-state index in [1.165, 1.54) is 12.8 Å². The summed E-state index contributed by atoms with van der Waals surface area (Å²) < 4.78 is 7.33. The lowest BCUT2D eigenvalue weighted by Crippen LogP contribution is -2.26. The van der Waals surface area contributed by atoms with Crippen molar-refractivity contribution in [1.82, 2.24) is 19.7 Å². The van der Waals surface area contributed by atoms with Crippen LogP contribution in [0.5, 0.6) is 0 Å². The normalized spacial score (nSPS) is 15.0. The maximum Gasteiger partial charge on any atom is 0.272 e. The summed E-state index contributed by atoms with van der Waals surface area (Å²) >= 11 is 1.56. The summed E-state index contributed by atoms with van der Waals surface area (Å²) in [5, 5.41) is 6.09. The van der Waals surface area contributed by atoms with Gasteiger partial charge in [-0.2, -0.15) is 4.98 Å². The minimum atomic E-state index is 0.0155. The van der Waals surface area contributed by atoms with E-state index >= 15 is 0 Å². The van der Waals surface area contributed by atoms with Crippen molar-refractivity contribution >= 4 is 22.4 Å². The molecule has 0 unspecified atom stereocenters. The van der Waals surface area contributed by atoms with Gasteiger partial charge in [0, 0.05) is 11.6 Å². The van der Waals surface area contributed by atoms with E-state index in [1.807, 2.05) is 40.3 Å². The van der Waals surface area contributed by atoms with Crippen LogP contribution in [0.2, 0.25) is 0 Å². The van der Waals surface area contributed by atoms with E-state index < -0.39 is 0 Å². The number of thiophene rings is 1. The first-order chi connectivity index (χ1) is 13.2. The van der Waals surface area contributed by atoms with Crippen molar-refractivity contribution < 1.29 is 4.52 Å². The Bertz CT molecular complexity index is 1170. The Balaban J connectivity index is 1.62. The van der Waals surface area contributed by atoms with Crippen LogP contribution < -0.4 is 5.56 Å². The van der Waals surface area contributed by atoms with Gasteiger partial charge in [0.1, 0.15) is 5.69 Å². The minimum Gasteiger partial charge on any atom is -0.333 e. The average molecular weight is 378 g/mol. The molecule has 0 saturated heterocycles. The molecule has 1 saturated carbocycles. The summed E-state index contributed by atoms with van der Waals surface area (Å²) in [6.07, 6.45) is 4.45. The molecule has 1 fully saturated rings. The highest BCUT2D eigenvalue weighted by Crippen LogP contribution is 2.32. The van der Waals surface area contributed by atoms with Gasteiger partial charge in [0.15, 0.2) is 0 Å². The van der Waals surface area contributed by atoms with Crippen LogP contribution in [0.15, 0.2) is 45.0 Å². The van der Waals surface area contributed by atoms with Crippen LogP contribution in [-0.2, 0) is 0 Å². The predicted molar refractivity (Wildman–Crippen MR) is 105 cm³/mol. The molecule has 1 aromatic carbocycles. The van der Waals surface area contributed by atoms with E-state index in [9.17, 15) is 4.79 Å². The van der Waals surface area contributed by atoms with Crippen molar-refractivity contribution in [2.45, 2.75) is 38.6 Å². The first-order valence-corrected chi connectivity index (χ1v) is 9.99. The van der Waals surface area contributed by atoms with Crippen molar-refractivity contribution in [1.29, 1.82) is 0 Å². The molecule has 3 aromatic heterocycles. The maximum atomic E-state index is 12.7. The predicted octanol–water partition coefficient (Wildman–Crippen LogP) is 4.60. The van der Waals surface area contributed by atoms with Gasteiger partial charge in [-0.3, -0.25) is 4.79 Å². The lowest BCUT2D eigenvalue weighted by atomic mass is 10.1. The number of nitrogens with zero attached hydrogens (tertiary/aromatic N) is 4. The Kier molecular flexibility index (Phi) is 3.89. The highest BCUT2D eigenvalue weighted by Gasteiger charge is 2.22. The molecular weight excluding hydrogens is 360 g/mol. The van der Waals surface area contributed by atoms with Gasteiger partial charge >= 0.3 is 0 Å². The molecule has 0 aliphatic heterocycles. The average Bonchev–Trinajstić information content (AvgIpc) is 3.43. The lowest BCUT2D eigenvalue weighted by Gasteiger charge is -2.17. The number of hydrogen-bond donors (Lipinski definition) is 0. The van der Waals surface area contributed by atoms with Crippen molar-refractivity contribution in [2.75, 3.05) is 0 Å². The van der Waals surface area contributed by atoms with Crippen molar-refractivity contribution in [3.63, 3.8) is 0 Å². The summed E-state index contributed by atoms with van der Waals surface area (Å²) in [6.45, 7) is 1.78. The number of fused-ring (bicyclic) bond motifs is 1. The standard InChI is InChI=1S/C20H18N4O2S/c1-12-20(25)24(14-5-2-3-6-14)16-9-8-13(11-15(16)21-12)18-22-19(26-23-18)17-7-4-10-27-17/h4,7-11,14H,2-3,5-6H2,1H3. The van der Waals surface area contributed by atoms with Crippen molar-refractivity contribution in [2.24, 2.45) is 0 Å². The third-order valence-corrected chi connectivity index (χ3v) is 6.02. The van der Waals surface area contributed by atoms with Crippen LogP contribution in [0, 0.1) is 6.92 Å². The summed E-state index contributed by atoms with van der Waals surface area (Å²) in [6, 6.07) is 10.0. The van der Waals surface area contributed by atoms with Crippen molar-refractivity contribution in [3.05, 3.63) is 51.8 Å². The van der Waals surface area contributed by atoms with E-state index in [-0.39, 0.29) is 11.6 Å². The Morgan fingerprint density at radius 2 is 2.04 bits per heavy atom. The molecule has 0 bridgehead atoms. The van der Waals surface area contributed by atoms with Crippen molar-refractivity contribution in [3.8, 4) is 22.2 Å². The van der Waals surface area contributed by atoms with Crippen LogP contribution in [0.1, 0.15) is 37.4 Å². The molecule has 7 heteroatoms. The Hall–Kier alpha value is -2.80. The molecule has 0 spiro atoms. The molecule has 1 aliphatic rings. The Morgan fingerprint density at radius 3 is 2.81 bits per heavy atom. The van der Waals surface area contributed by atoms with Gasteiger partial charge in [-0.1, -0.05) is 24.1 Å². The van der Waals surface area contributed by atoms with Gasteiger partial charge in [0.25, 0.3) is 11.4 Å². The number of benzene rings is 1. The fraction of sp³-hybridized carbons (Fsp3) is 0.300. The molecule has 0 amide bonds. The summed E-state index contributed by atoms with van der Waals surface area (Å²) in [5.74, 6) is 1.04. The maximum absolute atomic E-state index is 12.7. The zero-order chi connectivity index (χ0) is 18.4. The molecule has 27 heavy (non-hydrogen) atoms. The first-order valence-electron chi connectivity index (χ1n) is 9.11. The quantitative estimate of drug-likeness (QED) is 0.521. The molecule has 0 atom stereocenters. The number of rotatable bonds is 3. The molecule has 0 radical (unpaired) electrons. The lowest BCUT2D eigenvalue weighted by molar-refractivity contribution is 0.433. The fourth-order valence-electron chi connectivity index (χ4n) is 3.83. The number of aryl methyl sites for hydroxylation is 1. The molecule has 1 aliphatic carbocycles. The highest BCUT2D eigenvalue weighted by atomic mass is 32.1. The summed E-state index contributed by atoms with van der Waals surface area (Å²) in [7, 11) is 0. The number of hydrogen-bond acceptors (Lipinski definition) is 6. The Labute approximate surface area is 159 Å². The highest BCUT2D eigenvalue weighted by molar-refractivity contribution is 7.13. The van der Waals surface area contributed by atoms with E-state index in [1.54, 1.807) is 18.3 Å². The third-order valence-electron chi connectivity index (χ3n) is 5.16. The van der Waals surface area contributed by atoms with Gasteiger partial charge in [-0.25, -0.2) is 4.98 Å². The van der Waals surface area contributed by atoms with Crippen LogP contribution in [0.25, 0.3) is 33.2 Å². The fourth-order valence-corrected chi connectivity index (χ4v) is 4.48. The second kappa shape index (κ2) is 6.42. The van der Waals surface area contributed by atoms with Gasteiger partial charge in [0.05, 0.1) is 15.9 Å². The minimum absolute atomic E-state index is 0.0155. The largest absolute Gasteiger partial charge is 0.333 e. The van der Waals surface area contributed by atoms with Gasteiger partial charge < -0.3 is 9.09 Å². The molecule has 3 heterocycles. The van der Waals surface area contributed by atoms with E-state index in [0.29, 0.717) is 17.4 Å². The van der Waals surface area contributed by atoms with Gasteiger partial charge in [0.2, 0.25) is 5.82 Å². The van der Waals surface area contributed by atoms with Gasteiger partial charge in [-0.05, 0) is 49.4 Å². The van der Waals surface area contributed by atoms with Crippen LogP contribution in [0.4, 0.5) is 0 Å². The first kappa shape index (κ1) is 16.4. The molecule has 5 rings (SSSR count). The Morgan fingerprint density at radius 1 is 1.19 bits per heavy atom. The smallest absolute Gasteiger partial charge is 0.272 e. The van der Waals surface area contributed by atoms with E-state index in [2.05, 4.69) is 15.1 Å². The number of aromatic nitrogens is 4.